The van der Waals surface area contributed by atoms with Gasteiger partial charge in [-0.1, -0.05) is 0 Å². The minimum absolute atomic E-state index is 0.190. The summed E-state index contributed by atoms with van der Waals surface area (Å²) in [7, 11) is 1.64. The zero-order valence-corrected chi connectivity index (χ0v) is 9.02. The molecule has 0 aliphatic rings. The predicted octanol–water partition coefficient (Wildman–Crippen LogP) is 2.19. The SMILES string of the molecule is CNc1ncc(C)c(NCCC(F)(F)F)n1. The lowest BCUT2D eigenvalue weighted by Gasteiger charge is -2.10. The van der Waals surface area contributed by atoms with Crippen LogP contribution in [0.5, 0.6) is 0 Å². The van der Waals surface area contributed by atoms with Crippen LogP contribution in [0.4, 0.5) is 24.9 Å². The molecule has 0 radical (unpaired) electrons. The number of hydrogen-bond donors (Lipinski definition) is 2. The van der Waals surface area contributed by atoms with Crippen LogP contribution >= 0.6 is 0 Å². The standard InChI is InChI=1S/C9H13F3N4/c1-6-5-15-8(13-2)16-7(6)14-4-3-9(10,11)12/h5H,3-4H2,1-2H3,(H2,13,14,15,16). The molecular formula is C9H13F3N4. The third-order valence-electron chi connectivity index (χ3n) is 1.90. The summed E-state index contributed by atoms with van der Waals surface area (Å²) in [6.45, 7) is 1.54. The summed E-state index contributed by atoms with van der Waals surface area (Å²) in [5, 5.41) is 5.35. The summed E-state index contributed by atoms with van der Waals surface area (Å²) in [6, 6.07) is 0. The first-order valence-electron chi connectivity index (χ1n) is 4.74. The predicted molar refractivity (Wildman–Crippen MR) is 55.5 cm³/mol. The maximum Gasteiger partial charge on any atom is 0.390 e. The lowest BCUT2D eigenvalue weighted by atomic mass is 10.3. The van der Waals surface area contributed by atoms with E-state index in [1.165, 1.54) is 0 Å². The number of nitrogens with one attached hydrogen (secondary N) is 2. The van der Waals surface area contributed by atoms with Gasteiger partial charge in [0.05, 0.1) is 6.42 Å². The number of rotatable bonds is 4. The topological polar surface area (TPSA) is 49.8 Å². The summed E-state index contributed by atoms with van der Waals surface area (Å²) >= 11 is 0. The largest absolute Gasteiger partial charge is 0.390 e. The molecular weight excluding hydrogens is 221 g/mol. The van der Waals surface area contributed by atoms with Gasteiger partial charge in [-0.2, -0.15) is 18.2 Å². The normalized spacial score (nSPS) is 11.3. The van der Waals surface area contributed by atoms with Gasteiger partial charge in [0.1, 0.15) is 5.82 Å². The fourth-order valence-corrected chi connectivity index (χ4v) is 1.06. The highest BCUT2D eigenvalue weighted by Crippen LogP contribution is 2.20. The molecule has 0 atom stereocenters. The Labute approximate surface area is 91.3 Å². The molecule has 0 bridgehead atoms. The lowest BCUT2D eigenvalue weighted by molar-refractivity contribution is -0.131. The van der Waals surface area contributed by atoms with Gasteiger partial charge in [0.15, 0.2) is 0 Å². The molecule has 1 aromatic heterocycles. The second-order valence-electron chi connectivity index (χ2n) is 3.27. The molecule has 1 aromatic rings. The van der Waals surface area contributed by atoms with Crippen molar-refractivity contribution < 1.29 is 13.2 Å². The smallest absolute Gasteiger partial charge is 0.369 e. The molecule has 7 heteroatoms. The number of halogens is 3. The number of aryl methyl sites for hydroxylation is 1. The molecule has 0 saturated heterocycles. The molecule has 0 aliphatic heterocycles. The summed E-state index contributed by atoms with van der Waals surface area (Å²) in [6.07, 6.45) is -3.49. The van der Waals surface area contributed by atoms with E-state index in [4.69, 9.17) is 0 Å². The lowest BCUT2D eigenvalue weighted by Crippen LogP contribution is -2.16. The number of aromatic nitrogens is 2. The van der Waals surface area contributed by atoms with Gasteiger partial charge in [0.2, 0.25) is 5.95 Å². The Balaban J connectivity index is 2.59. The first kappa shape index (κ1) is 12.5. The third kappa shape index (κ3) is 3.92. The molecule has 0 fully saturated rings. The van der Waals surface area contributed by atoms with Gasteiger partial charge in [0, 0.05) is 25.4 Å². The maximum atomic E-state index is 11.9. The Hall–Kier alpha value is -1.53. The highest BCUT2D eigenvalue weighted by atomic mass is 19.4. The minimum atomic E-state index is -4.15. The van der Waals surface area contributed by atoms with E-state index in [0.717, 1.165) is 0 Å². The van der Waals surface area contributed by atoms with Crippen molar-refractivity contribution in [2.45, 2.75) is 19.5 Å². The Morgan fingerprint density at radius 1 is 1.38 bits per heavy atom. The van der Waals surface area contributed by atoms with Crippen molar-refractivity contribution in [1.29, 1.82) is 0 Å². The van der Waals surface area contributed by atoms with Gasteiger partial charge in [-0.25, -0.2) is 4.98 Å². The van der Waals surface area contributed by atoms with Gasteiger partial charge in [-0.3, -0.25) is 0 Å². The van der Waals surface area contributed by atoms with Crippen molar-refractivity contribution in [3.05, 3.63) is 11.8 Å². The van der Waals surface area contributed by atoms with Gasteiger partial charge in [0.25, 0.3) is 0 Å². The van der Waals surface area contributed by atoms with Crippen molar-refractivity contribution in [2.24, 2.45) is 0 Å². The van der Waals surface area contributed by atoms with Crippen LogP contribution in [0.15, 0.2) is 6.20 Å². The first-order valence-corrected chi connectivity index (χ1v) is 4.74. The monoisotopic (exact) mass is 234 g/mol. The van der Waals surface area contributed by atoms with Crippen LogP contribution in [0.2, 0.25) is 0 Å². The van der Waals surface area contributed by atoms with Crippen molar-refractivity contribution in [1.82, 2.24) is 9.97 Å². The van der Waals surface area contributed by atoms with E-state index >= 15 is 0 Å². The van der Waals surface area contributed by atoms with Crippen LogP contribution in [0, 0.1) is 6.92 Å². The minimum Gasteiger partial charge on any atom is -0.369 e. The fourth-order valence-electron chi connectivity index (χ4n) is 1.06. The van der Waals surface area contributed by atoms with Crippen molar-refractivity contribution in [2.75, 3.05) is 24.2 Å². The molecule has 0 spiro atoms. The van der Waals surface area contributed by atoms with Gasteiger partial charge in [-0.05, 0) is 6.92 Å². The zero-order valence-electron chi connectivity index (χ0n) is 9.02. The zero-order chi connectivity index (χ0) is 12.2. The first-order chi connectivity index (χ1) is 7.42. The third-order valence-corrected chi connectivity index (χ3v) is 1.90. The molecule has 0 saturated carbocycles. The highest BCUT2D eigenvalue weighted by Gasteiger charge is 2.26. The Morgan fingerprint density at radius 2 is 2.06 bits per heavy atom. The van der Waals surface area contributed by atoms with Crippen LogP contribution in [0.3, 0.4) is 0 Å². The fraction of sp³-hybridized carbons (Fsp3) is 0.556. The number of anilines is 2. The van der Waals surface area contributed by atoms with Crippen LogP contribution < -0.4 is 10.6 Å². The van der Waals surface area contributed by atoms with E-state index in [-0.39, 0.29) is 6.54 Å². The van der Waals surface area contributed by atoms with Crippen molar-refractivity contribution in [3.63, 3.8) is 0 Å². The van der Waals surface area contributed by atoms with Crippen molar-refractivity contribution >= 4 is 11.8 Å². The summed E-state index contributed by atoms with van der Waals surface area (Å²) in [5.41, 5.74) is 0.709. The highest BCUT2D eigenvalue weighted by molar-refractivity contribution is 5.46. The average Bonchev–Trinajstić information content (AvgIpc) is 2.19. The van der Waals surface area contributed by atoms with E-state index in [9.17, 15) is 13.2 Å². The Morgan fingerprint density at radius 3 is 2.62 bits per heavy atom. The van der Waals surface area contributed by atoms with E-state index < -0.39 is 12.6 Å². The second-order valence-corrected chi connectivity index (χ2v) is 3.27. The van der Waals surface area contributed by atoms with Crippen LogP contribution in [0.1, 0.15) is 12.0 Å². The number of nitrogens with zero attached hydrogens (tertiary/aromatic N) is 2. The van der Waals surface area contributed by atoms with Crippen LogP contribution in [-0.2, 0) is 0 Å². The molecule has 16 heavy (non-hydrogen) atoms. The number of alkyl halides is 3. The second kappa shape index (κ2) is 5.00. The number of hydrogen-bond acceptors (Lipinski definition) is 4. The molecule has 1 rings (SSSR count). The molecule has 0 aliphatic carbocycles. The quantitative estimate of drug-likeness (QED) is 0.838. The molecule has 0 amide bonds. The average molecular weight is 234 g/mol. The molecule has 0 unspecified atom stereocenters. The van der Waals surface area contributed by atoms with Gasteiger partial charge in [-0.15, -0.1) is 0 Å². The summed E-state index contributed by atoms with van der Waals surface area (Å²) < 4.78 is 35.8. The van der Waals surface area contributed by atoms with E-state index in [1.54, 1.807) is 20.2 Å². The van der Waals surface area contributed by atoms with Crippen LogP contribution in [0.25, 0.3) is 0 Å². The molecule has 90 valence electrons. The Kier molecular flexibility index (Phi) is 3.92. The van der Waals surface area contributed by atoms with E-state index in [2.05, 4.69) is 20.6 Å². The van der Waals surface area contributed by atoms with E-state index in [1.807, 2.05) is 0 Å². The van der Waals surface area contributed by atoms with E-state index in [0.29, 0.717) is 17.3 Å². The van der Waals surface area contributed by atoms with Crippen molar-refractivity contribution in [3.8, 4) is 0 Å². The Bertz CT molecular complexity index is 351. The molecule has 2 N–H and O–H groups in total. The van der Waals surface area contributed by atoms with Gasteiger partial charge < -0.3 is 10.6 Å². The summed E-state index contributed by atoms with van der Waals surface area (Å²) in [4.78, 5) is 7.94. The maximum absolute atomic E-state index is 11.9. The van der Waals surface area contributed by atoms with Gasteiger partial charge >= 0.3 is 6.18 Å². The molecule has 4 nitrogen and oxygen atoms in total. The molecule has 0 aromatic carbocycles. The summed E-state index contributed by atoms with van der Waals surface area (Å²) in [5.74, 6) is 0.795. The van der Waals surface area contributed by atoms with Crippen LogP contribution in [-0.4, -0.2) is 29.7 Å². The molecule has 1 heterocycles.